The second kappa shape index (κ2) is 7.68. The van der Waals surface area contributed by atoms with Gasteiger partial charge >= 0.3 is 0 Å². The van der Waals surface area contributed by atoms with E-state index in [4.69, 9.17) is 4.98 Å². The molecule has 2 aromatic rings. The zero-order valence-corrected chi connectivity index (χ0v) is 17.0. The normalized spacial score (nSPS) is 14.9. The highest BCUT2D eigenvalue weighted by molar-refractivity contribution is 14.1. The van der Waals surface area contributed by atoms with E-state index in [0.29, 0.717) is 19.0 Å². The van der Waals surface area contributed by atoms with Gasteiger partial charge < -0.3 is 9.80 Å². The van der Waals surface area contributed by atoms with Gasteiger partial charge in [0.1, 0.15) is 11.6 Å². The molecule has 1 aromatic heterocycles. The maximum atomic E-state index is 12.7. The fourth-order valence-corrected chi connectivity index (χ4v) is 3.48. The molecule has 1 amide bonds. The number of piperazine rings is 1. The van der Waals surface area contributed by atoms with Crippen LogP contribution in [0.25, 0.3) is 0 Å². The van der Waals surface area contributed by atoms with E-state index in [2.05, 4.69) is 46.3 Å². The van der Waals surface area contributed by atoms with E-state index in [1.807, 2.05) is 42.2 Å². The molecule has 1 aliphatic heterocycles. The Kier molecular flexibility index (Phi) is 5.56. The van der Waals surface area contributed by atoms with Gasteiger partial charge in [-0.15, -0.1) is 0 Å². The number of aryl methyl sites for hydroxylation is 1. The molecule has 6 heteroatoms. The molecule has 0 atom stereocenters. The summed E-state index contributed by atoms with van der Waals surface area (Å²) in [5, 5.41) is 0. The number of rotatable bonds is 3. The first kappa shape index (κ1) is 18.1. The molecule has 5 nitrogen and oxygen atoms in total. The number of halogens is 1. The van der Waals surface area contributed by atoms with E-state index < -0.39 is 0 Å². The largest absolute Gasteiger partial charge is 0.353 e. The van der Waals surface area contributed by atoms with E-state index in [0.717, 1.165) is 39.6 Å². The first-order valence-electron chi connectivity index (χ1n) is 8.59. The van der Waals surface area contributed by atoms with Crippen LogP contribution in [-0.2, 0) is 0 Å². The van der Waals surface area contributed by atoms with Gasteiger partial charge in [0, 0.05) is 53.0 Å². The topological polar surface area (TPSA) is 49.3 Å². The van der Waals surface area contributed by atoms with Gasteiger partial charge in [0.15, 0.2) is 0 Å². The van der Waals surface area contributed by atoms with E-state index in [1.54, 1.807) is 0 Å². The summed E-state index contributed by atoms with van der Waals surface area (Å²) >= 11 is 2.24. The average Bonchev–Trinajstić information content (AvgIpc) is 2.60. The lowest BCUT2D eigenvalue weighted by Crippen LogP contribution is -2.49. The third-order valence-electron chi connectivity index (χ3n) is 4.34. The van der Waals surface area contributed by atoms with Crippen molar-refractivity contribution in [1.82, 2.24) is 14.9 Å². The Morgan fingerprint density at radius 1 is 1.12 bits per heavy atom. The highest BCUT2D eigenvalue weighted by Crippen LogP contribution is 2.19. The summed E-state index contributed by atoms with van der Waals surface area (Å²) in [5.41, 5.74) is 1.76. The van der Waals surface area contributed by atoms with Crippen molar-refractivity contribution in [3.8, 4) is 0 Å². The van der Waals surface area contributed by atoms with Gasteiger partial charge in [0.25, 0.3) is 5.91 Å². The summed E-state index contributed by atoms with van der Waals surface area (Å²) in [6.45, 7) is 9.24. The number of amides is 1. The number of benzene rings is 1. The maximum absolute atomic E-state index is 12.7. The number of anilines is 1. The molecule has 25 heavy (non-hydrogen) atoms. The van der Waals surface area contributed by atoms with Crippen LogP contribution in [0.3, 0.4) is 0 Å². The lowest BCUT2D eigenvalue weighted by Gasteiger charge is -2.35. The minimum absolute atomic E-state index is 0.111. The van der Waals surface area contributed by atoms with Crippen LogP contribution in [0.2, 0.25) is 0 Å². The molecule has 0 spiro atoms. The molecule has 0 unspecified atom stereocenters. The molecule has 1 aromatic carbocycles. The Labute approximate surface area is 162 Å². The first-order valence-corrected chi connectivity index (χ1v) is 9.67. The molecule has 0 radical (unpaired) electrons. The van der Waals surface area contributed by atoms with Crippen LogP contribution in [-0.4, -0.2) is 47.0 Å². The average molecular weight is 450 g/mol. The summed E-state index contributed by atoms with van der Waals surface area (Å²) in [7, 11) is 0. The second-order valence-electron chi connectivity index (χ2n) is 6.67. The molecular formula is C19H23IN4O. The minimum Gasteiger partial charge on any atom is -0.353 e. The standard InChI is InChI=1S/C19H23IN4O/c1-13(2)18-21-14(3)11-17(22-18)23-7-9-24(10-8-23)19(25)15-5-4-6-16(20)12-15/h4-6,11-13H,7-10H2,1-3H3. The molecule has 1 aliphatic rings. The zero-order valence-electron chi connectivity index (χ0n) is 14.9. The monoisotopic (exact) mass is 450 g/mol. The lowest BCUT2D eigenvalue weighted by molar-refractivity contribution is 0.0746. The number of aromatic nitrogens is 2. The van der Waals surface area contributed by atoms with Crippen molar-refractivity contribution in [2.24, 2.45) is 0 Å². The Morgan fingerprint density at radius 3 is 2.48 bits per heavy atom. The maximum Gasteiger partial charge on any atom is 0.254 e. The Hall–Kier alpha value is -1.70. The minimum atomic E-state index is 0.111. The fraction of sp³-hybridized carbons (Fsp3) is 0.421. The van der Waals surface area contributed by atoms with Crippen LogP contribution in [0.5, 0.6) is 0 Å². The third kappa shape index (κ3) is 4.29. The predicted molar refractivity (Wildman–Crippen MR) is 108 cm³/mol. The van der Waals surface area contributed by atoms with Crippen molar-refractivity contribution in [2.45, 2.75) is 26.7 Å². The molecule has 1 fully saturated rings. The van der Waals surface area contributed by atoms with Crippen LogP contribution < -0.4 is 4.90 Å². The zero-order chi connectivity index (χ0) is 18.0. The van der Waals surface area contributed by atoms with Gasteiger partial charge in [-0.1, -0.05) is 19.9 Å². The first-order chi connectivity index (χ1) is 11.9. The molecule has 0 aliphatic carbocycles. The van der Waals surface area contributed by atoms with Crippen LogP contribution >= 0.6 is 22.6 Å². The summed E-state index contributed by atoms with van der Waals surface area (Å²) in [6.07, 6.45) is 0. The van der Waals surface area contributed by atoms with Gasteiger partial charge in [-0.05, 0) is 47.7 Å². The van der Waals surface area contributed by atoms with Crippen molar-refractivity contribution < 1.29 is 4.79 Å². The summed E-state index contributed by atoms with van der Waals surface area (Å²) in [6, 6.07) is 9.79. The van der Waals surface area contributed by atoms with E-state index in [1.165, 1.54) is 0 Å². The van der Waals surface area contributed by atoms with Gasteiger partial charge in [0.2, 0.25) is 0 Å². The second-order valence-corrected chi connectivity index (χ2v) is 7.92. The van der Waals surface area contributed by atoms with Crippen LogP contribution in [0.1, 0.15) is 41.6 Å². The summed E-state index contributed by atoms with van der Waals surface area (Å²) in [5.74, 6) is 2.27. The van der Waals surface area contributed by atoms with Crippen molar-refractivity contribution in [3.63, 3.8) is 0 Å². The highest BCUT2D eigenvalue weighted by Gasteiger charge is 2.23. The smallest absolute Gasteiger partial charge is 0.254 e. The molecule has 0 N–H and O–H groups in total. The van der Waals surface area contributed by atoms with E-state index >= 15 is 0 Å². The molecule has 0 bridgehead atoms. The van der Waals surface area contributed by atoms with Gasteiger partial charge in [-0.25, -0.2) is 9.97 Å². The van der Waals surface area contributed by atoms with Gasteiger partial charge in [0.05, 0.1) is 0 Å². The predicted octanol–water partition coefficient (Wildman–Crippen LogP) is 3.48. The number of carbonyl (C=O) groups is 1. The highest BCUT2D eigenvalue weighted by atomic mass is 127. The van der Waals surface area contributed by atoms with Crippen LogP contribution in [0.15, 0.2) is 30.3 Å². The van der Waals surface area contributed by atoms with Crippen molar-refractivity contribution in [3.05, 3.63) is 51.0 Å². The van der Waals surface area contributed by atoms with Crippen LogP contribution in [0, 0.1) is 10.5 Å². The van der Waals surface area contributed by atoms with Crippen LogP contribution in [0.4, 0.5) is 5.82 Å². The Balaban J connectivity index is 1.69. The number of hydrogen-bond acceptors (Lipinski definition) is 4. The van der Waals surface area contributed by atoms with Crippen molar-refractivity contribution >= 4 is 34.3 Å². The third-order valence-corrected chi connectivity index (χ3v) is 5.01. The molecule has 0 saturated carbocycles. The number of nitrogens with zero attached hydrogens (tertiary/aromatic N) is 4. The summed E-state index contributed by atoms with van der Waals surface area (Å²) in [4.78, 5) is 26.1. The lowest BCUT2D eigenvalue weighted by atomic mass is 10.2. The number of hydrogen-bond donors (Lipinski definition) is 0. The molecule has 1 saturated heterocycles. The number of carbonyl (C=O) groups excluding carboxylic acids is 1. The fourth-order valence-electron chi connectivity index (χ4n) is 2.94. The van der Waals surface area contributed by atoms with E-state index in [-0.39, 0.29) is 5.91 Å². The van der Waals surface area contributed by atoms with Crippen molar-refractivity contribution in [1.29, 1.82) is 0 Å². The van der Waals surface area contributed by atoms with Gasteiger partial charge in [-0.3, -0.25) is 4.79 Å². The molecule has 2 heterocycles. The molecule has 3 rings (SSSR count). The Morgan fingerprint density at radius 2 is 1.84 bits per heavy atom. The van der Waals surface area contributed by atoms with E-state index in [9.17, 15) is 4.79 Å². The summed E-state index contributed by atoms with van der Waals surface area (Å²) < 4.78 is 1.08. The van der Waals surface area contributed by atoms with Gasteiger partial charge in [-0.2, -0.15) is 0 Å². The Bertz CT molecular complexity index is 770. The van der Waals surface area contributed by atoms with Crippen molar-refractivity contribution in [2.75, 3.05) is 31.1 Å². The SMILES string of the molecule is Cc1cc(N2CCN(C(=O)c3cccc(I)c3)CC2)nc(C(C)C)n1. The quantitative estimate of drug-likeness (QED) is 0.673. The molecular weight excluding hydrogens is 427 g/mol. The molecule has 132 valence electrons.